The molecule has 0 saturated carbocycles. The van der Waals surface area contributed by atoms with E-state index in [2.05, 4.69) is 19.7 Å². The van der Waals surface area contributed by atoms with Gasteiger partial charge in [-0.05, 0) is 22.4 Å². The standard InChI is InChI=1S/C11H10N2O4/c1-15-8-6-4-3-5-7(8)9-10(11(14)16-2)13-17-12-9/h3-6H,1-2H3. The van der Waals surface area contributed by atoms with Crippen molar-refractivity contribution in [1.29, 1.82) is 0 Å². The normalized spacial score (nSPS) is 10.0. The van der Waals surface area contributed by atoms with Crippen LogP contribution in [-0.4, -0.2) is 30.5 Å². The third-order valence-electron chi connectivity index (χ3n) is 2.23. The molecule has 1 aromatic heterocycles. The van der Waals surface area contributed by atoms with E-state index in [4.69, 9.17) is 4.74 Å². The molecule has 17 heavy (non-hydrogen) atoms. The Kier molecular flexibility index (Phi) is 3.04. The van der Waals surface area contributed by atoms with Crippen LogP contribution in [0.15, 0.2) is 28.9 Å². The number of nitrogens with zero attached hydrogens (tertiary/aromatic N) is 2. The third-order valence-corrected chi connectivity index (χ3v) is 2.23. The molecule has 2 rings (SSSR count). The lowest BCUT2D eigenvalue weighted by Gasteiger charge is -2.05. The number of aromatic nitrogens is 2. The van der Waals surface area contributed by atoms with Gasteiger partial charge >= 0.3 is 5.97 Å². The van der Waals surface area contributed by atoms with Crippen LogP contribution in [0.3, 0.4) is 0 Å². The van der Waals surface area contributed by atoms with E-state index < -0.39 is 5.97 Å². The molecular weight excluding hydrogens is 224 g/mol. The first-order chi connectivity index (χ1) is 8.27. The zero-order chi connectivity index (χ0) is 12.3. The van der Waals surface area contributed by atoms with E-state index in [1.807, 2.05) is 6.07 Å². The largest absolute Gasteiger partial charge is 0.496 e. The zero-order valence-electron chi connectivity index (χ0n) is 9.34. The summed E-state index contributed by atoms with van der Waals surface area (Å²) in [6.07, 6.45) is 0. The number of esters is 1. The highest BCUT2D eigenvalue weighted by molar-refractivity contribution is 5.94. The molecule has 0 N–H and O–H groups in total. The summed E-state index contributed by atoms with van der Waals surface area (Å²) in [5.74, 6) is -0.0273. The molecule has 0 amide bonds. The van der Waals surface area contributed by atoms with Crippen LogP contribution in [-0.2, 0) is 4.74 Å². The summed E-state index contributed by atoms with van der Waals surface area (Å²) >= 11 is 0. The van der Waals surface area contributed by atoms with E-state index in [1.165, 1.54) is 14.2 Å². The molecule has 0 fully saturated rings. The third kappa shape index (κ3) is 1.96. The zero-order valence-corrected chi connectivity index (χ0v) is 9.34. The average Bonchev–Trinajstić information content (AvgIpc) is 2.86. The van der Waals surface area contributed by atoms with Crippen molar-refractivity contribution >= 4 is 5.97 Å². The van der Waals surface area contributed by atoms with Crippen molar-refractivity contribution in [2.75, 3.05) is 14.2 Å². The van der Waals surface area contributed by atoms with E-state index in [0.29, 0.717) is 17.0 Å². The molecule has 0 spiro atoms. The van der Waals surface area contributed by atoms with Crippen LogP contribution in [0.25, 0.3) is 11.3 Å². The van der Waals surface area contributed by atoms with Gasteiger partial charge in [-0.1, -0.05) is 12.1 Å². The Labute approximate surface area is 97.1 Å². The van der Waals surface area contributed by atoms with Crippen LogP contribution in [0.5, 0.6) is 5.75 Å². The molecule has 0 bridgehead atoms. The van der Waals surface area contributed by atoms with Crippen molar-refractivity contribution in [3.63, 3.8) is 0 Å². The molecule has 0 aliphatic rings. The number of carbonyl (C=O) groups excluding carboxylic acids is 1. The molecule has 6 nitrogen and oxygen atoms in total. The second kappa shape index (κ2) is 4.65. The van der Waals surface area contributed by atoms with Gasteiger partial charge in [0.25, 0.3) is 0 Å². The van der Waals surface area contributed by atoms with Gasteiger partial charge < -0.3 is 9.47 Å². The van der Waals surface area contributed by atoms with E-state index in [1.54, 1.807) is 18.2 Å². The Balaban J connectivity index is 2.53. The van der Waals surface area contributed by atoms with Crippen LogP contribution < -0.4 is 4.74 Å². The lowest BCUT2D eigenvalue weighted by atomic mass is 10.1. The Hall–Kier alpha value is -2.37. The lowest BCUT2D eigenvalue weighted by Crippen LogP contribution is -2.04. The van der Waals surface area contributed by atoms with Crippen LogP contribution in [0.4, 0.5) is 0 Å². The minimum atomic E-state index is -0.604. The van der Waals surface area contributed by atoms with E-state index in [9.17, 15) is 4.79 Å². The number of ether oxygens (including phenoxy) is 2. The minimum absolute atomic E-state index is 0.0250. The van der Waals surface area contributed by atoms with Crippen molar-refractivity contribution in [1.82, 2.24) is 10.3 Å². The number of methoxy groups -OCH3 is 2. The molecule has 88 valence electrons. The molecule has 0 aliphatic heterocycles. The van der Waals surface area contributed by atoms with Gasteiger partial charge in [-0.25, -0.2) is 9.42 Å². The highest BCUT2D eigenvalue weighted by Crippen LogP contribution is 2.30. The second-order valence-corrected chi connectivity index (χ2v) is 3.15. The number of benzene rings is 1. The summed E-state index contributed by atoms with van der Waals surface area (Å²) in [6, 6.07) is 7.12. The lowest BCUT2D eigenvalue weighted by molar-refractivity contribution is 0.0589. The number of rotatable bonds is 3. The first-order valence-corrected chi connectivity index (χ1v) is 4.82. The van der Waals surface area contributed by atoms with Gasteiger partial charge in [0.2, 0.25) is 5.69 Å². The fourth-order valence-electron chi connectivity index (χ4n) is 1.44. The first-order valence-electron chi connectivity index (χ1n) is 4.82. The quantitative estimate of drug-likeness (QED) is 0.750. The molecule has 0 atom stereocenters. The van der Waals surface area contributed by atoms with Gasteiger partial charge in [-0.15, -0.1) is 0 Å². The minimum Gasteiger partial charge on any atom is -0.496 e. The molecule has 0 saturated heterocycles. The summed E-state index contributed by atoms with van der Waals surface area (Å²) in [4.78, 5) is 11.4. The van der Waals surface area contributed by atoms with Crippen molar-refractivity contribution in [3.05, 3.63) is 30.0 Å². The topological polar surface area (TPSA) is 74.5 Å². The molecule has 0 aliphatic carbocycles. The van der Waals surface area contributed by atoms with Crippen LogP contribution in [0.1, 0.15) is 10.5 Å². The van der Waals surface area contributed by atoms with Gasteiger partial charge in [0.05, 0.1) is 14.2 Å². The maximum Gasteiger partial charge on any atom is 0.362 e. The van der Waals surface area contributed by atoms with Gasteiger partial charge in [0, 0.05) is 5.56 Å². The van der Waals surface area contributed by atoms with Crippen molar-refractivity contribution in [3.8, 4) is 17.0 Å². The Morgan fingerprint density at radius 2 is 2.00 bits per heavy atom. The first kappa shape index (κ1) is 11.1. The van der Waals surface area contributed by atoms with Crippen LogP contribution in [0, 0.1) is 0 Å². The monoisotopic (exact) mass is 234 g/mol. The highest BCUT2D eigenvalue weighted by Gasteiger charge is 2.22. The molecule has 1 aromatic carbocycles. The fourth-order valence-corrected chi connectivity index (χ4v) is 1.44. The summed E-state index contributed by atoms with van der Waals surface area (Å²) in [5.41, 5.74) is 0.947. The Morgan fingerprint density at radius 3 is 2.71 bits per heavy atom. The fraction of sp³-hybridized carbons (Fsp3) is 0.182. The van der Waals surface area contributed by atoms with Crippen molar-refractivity contribution < 1.29 is 18.9 Å². The molecule has 6 heteroatoms. The van der Waals surface area contributed by atoms with E-state index in [-0.39, 0.29) is 5.69 Å². The summed E-state index contributed by atoms with van der Waals surface area (Å²) in [7, 11) is 2.80. The molecular formula is C11H10N2O4. The number of para-hydroxylation sites is 1. The smallest absolute Gasteiger partial charge is 0.362 e. The van der Waals surface area contributed by atoms with E-state index >= 15 is 0 Å². The van der Waals surface area contributed by atoms with Gasteiger partial charge in [-0.2, -0.15) is 0 Å². The van der Waals surface area contributed by atoms with Gasteiger partial charge in [-0.3, -0.25) is 0 Å². The van der Waals surface area contributed by atoms with Crippen LogP contribution in [0.2, 0.25) is 0 Å². The predicted molar refractivity (Wildman–Crippen MR) is 57.6 cm³/mol. The Bertz CT molecular complexity index is 536. The number of hydrogen-bond donors (Lipinski definition) is 0. The molecule has 2 aromatic rings. The van der Waals surface area contributed by atoms with Crippen molar-refractivity contribution in [2.45, 2.75) is 0 Å². The van der Waals surface area contributed by atoms with Gasteiger partial charge in [0.15, 0.2) is 5.69 Å². The predicted octanol–water partition coefficient (Wildman–Crippen LogP) is 1.53. The highest BCUT2D eigenvalue weighted by atomic mass is 16.6. The summed E-state index contributed by atoms with van der Waals surface area (Å²) in [5, 5.41) is 7.22. The summed E-state index contributed by atoms with van der Waals surface area (Å²) < 4.78 is 14.3. The van der Waals surface area contributed by atoms with Gasteiger partial charge in [0.1, 0.15) is 5.75 Å². The number of carbonyl (C=O) groups is 1. The molecule has 0 radical (unpaired) electrons. The summed E-state index contributed by atoms with van der Waals surface area (Å²) in [6.45, 7) is 0. The second-order valence-electron chi connectivity index (χ2n) is 3.15. The maximum atomic E-state index is 11.4. The van der Waals surface area contributed by atoms with Crippen LogP contribution >= 0.6 is 0 Å². The van der Waals surface area contributed by atoms with Crippen molar-refractivity contribution in [2.24, 2.45) is 0 Å². The molecule has 1 heterocycles. The average molecular weight is 234 g/mol. The number of hydrogen-bond acceptors (Lipinski definition) is 6. The molecule has 0 unspecified atom stereocenters. The SMILES string of the molecule is COC(=O)c1nonc1-c1ccccc1OC. The van der Waals surface area contributed by atoms with E-state index in [0.717, 1.165) is 0 Å². The Morgan fingerprint density at radius 1 is 1.24 bits per heavy atom. The maximum absolute atomic E-state index is 11.4.